The summed E-state index contributed by atoms with van der Waals surface area (Å²) in [5.41, 5.74) is 3.39. The molecule has 2 aromatic carbocycles. The summed E-state index contributed by atoms with van der Waals surface area (Å²) in [5.74, 6) is -5.43. The molecule has 0 fully saturated rings. The Balaban J connectivity index is 0.000000384. The molecule has 1 heterocycles. The van der Waals surface area contributed by atoms with Crippen molar-refractivity contribution in [3.05, 3.63) is 40.6 Å². The zero-order valence-electron chi connectivity index (χ0n) is 25.3. The molecule has 0 aliphatic carbocycles. The topological polar surface area (TPSA) is 302 Å². The highest BCUT2D eigenvalue weighted by molar-refractivity contribution is 7.81. The summed E-state index contributed by atoms with van der Waals surface area (Å²) < 4.78 is 4.71. The van der Waals surface area contributed by atoms with Crippen LogP contribution in [0.3, 0.4) is 0 Å². The Bertz CT molecular complexity index is 1610. The van der Waals surface area contributed by atoms with Gasteiger partial charge in [-0.3, -0.25) is 19.2 Å². The first-order valence-electron chi connectivity index (χ1n) is 13.3. The van der Waals surface area contributed by atoms with Gasteiger partial charge in [0.25, 0.3) is 0 Å². The van der Waals surface area contributed by atoms with Crippen molar-refractivity contribution < 1.29 is 64.8 Å². The van der Waals surface area contributed by atoms with E-state index >= 15 is 0 Å². The molecular formula is C29H38N2O14S. The maximum absolute atomic E-state index is 12.1. The van der Waals surface area contributed by atoms with E-state index in [0.29, 0.717) is 0 Å². The lowest BCUT2D eigenvalue weighted by Gasteiger charge is -2.26. The van der Waals surface area contributed by atoms with Crippen LogP contribution in [-0.4, -0.2) is 93.8 Å². The number of aromatic hydroxyl groups is 5. The molecule has 0 saturated heterocycles. The van der Waals surface area contributed by atoms with Crippen molar-refractivity contribution in [3.8, 4) is 40.1 Å². The van der Waals surface area contributed by atoms with Gasteiger partial charge in [0.05, 0.1) is 13.0 Å². The highest BCUT2D eigenvalue weighted by atomic mass is 32.1. The number of fused-ring (bicyclic) bond motifs is 1. The van der Waals surface area contributed by atoms with Crippen molar-refractivity contribution in [1.29, 1.82) is 0 Å². The van der Waals surface area contributed by atoms with Crippen molar-refractivity contribution >= 4 is 41.4 Å². The van der Waals surface area contributed by atoms with Crippen LogP contribution in [0.4, 0.5) is 0 Å². The smallest absolute Gasteiger partial charge is 0.321 e. The van der Waals surface area contributed by atoms with Gasteiger partial charge in [-0.05, 0) is 32.0 Å². The standard InChI is InChI=1S/C15H10O7.C9H17NO5.C5H11NO2S/c16-7-4-10(19)12-11(5-7)22-15(14(21)13(12)20)6-1-2-8(17)9(18)3-6;1-9(2,5-11)7(14)8(15)10-4-3-6(12)13;1-5(2,9)3(6)4(7)8/h1-5,16-19,21H;7,11,14H,3-5H2,1-2H3,(H,10,15)(H,12,13);3,9H,6H2,1-2H3,(H,7,8)/t;7-;3-/m.00/s1. The van der Waals surface area contributed by atoms with Gasteiger partial charge in [0.15, 0.2) is 17.3 Å². The number of carboxylic acid groups (broad SMARTS) is 2. The number of carboxylic acids is 2. The molecule has 0 aliphatic rings. The number of phenols is 4. The third kappa shape index (κ3) is 10.7. The second kappa shape index (κ2) is 16.0. The lowest BCUT2D eigenvalue weighted by molar-refractivity contribution is -0.140. The Morgan fingerprint density at radius 2 is 1.54 bits per heavy atom. The van der Waals surface area contributed by atoms with Gasteiger partial charge in [0.2, 0.25) is 17.1 Å². The number of carbonyl (C=O) groups excluding carboxylic acids is 1. The summed E-state index contributed by atoms with van der Waals surface area (Å²) in [6.07, 6.45) is -1.55. The number of nitrogens with one attached hydrogen (secondary N) is 1. The van der Waals surface area contributed by atoms with Crippen LogP contribution in [0.15, 0.2) is 39.5 Å². The van der Waals surface area contributed by atoms with Crippen LogP contribution in [0.5, 0.6) is 28.7 Å². The fraction of sp³-hybridized carbons (Fsp3) is 0.379. The normalized spacial score (nSPS) is 12.5. The summed E-state index contributed by atoms with van der Waals surface area (Å²) in [6, 6.07) is 4.74. The number of aliphatic hydroxyl groups is 2. The largest absolute Gasteiger partial charge is 0.508 e. The van der Waals surface area contributed by atoms with Crippen molar-refractivity contribution in [1.82, 2.24) is 5.32 Å². The molecule has 46 heavy (non-hydrogen) atoms. The average Bonchev–Trinajstić information content (AvgIpc) is 2.95. The first kappa shape index (κ1) is 39.3. The number of aliphatic carboxylic acids is 2. The zero-order chi connectivity index (χ0) is 35.7. The Labute approximate surface area is 267 Å². The molecule has 1 amide bonds. The second-order valence-electron chi connectivity index (χ2n) is 11.1. The molecular weight excluding hydrogens is 632 g/mol. The molecule has 0 spiro atoms. The third-order valence-electron chi connectivity index (χ3n) is 6.23. The number of nitrogens with two attached hydrogens (primary N) is 1. The molecule has 0 radical (unpaired) electrons. The maximum Gasteiger partial charge on any atom is 0.321 e. The molecule has 2 atom stereocenters. The summed E-state index contributed by atoms with van der Waals surface area (Å²) in [4.78, 5) is 43.7. The van der Waals surface area contributed by atoms with E-state index in [1.54, 1.807) is 13.8 Å². The molecule has 3 rings (SSSR count). The second-order valence-corrected chi connectivity index (χ2v) is 12.3. The van der Waals surface area contributed by atoms with Gasteiger partial charge in [0.1, 0.15) is 34.6 Å². The fourth-order valence-corrected chi connectivity index (χ4v) is 3.38. The number of amides is 1. The number of carbonyl (C=O) groups is 3. The summed E-state index contributed by atoms with van der Waals surface area (Å²) >= 11 is 3.98. The minimum absolute atomic E-state index is 0.0350. The number of hydrogen-bond acceptors (Lipinski definition) is 14. The van der Waals surface area contributed by atoms with Gasteiger partial charge in [-0.15, -0.1) is 0 Å². The van der Waals surface area contributed by atoms with Gasteiger partial charge in [-0.25, -0.2) is 0 Å². The molecule has 0 saturated carbocycles. The first-order chi connectivity index (χ1) is 21.0. The molecule has 17 heteroatoms. The Kier molecular flexibility index (Phi) is 13.7. The molecule has 1 aromatic heterocycles. The lowest BCUT2D eigenvalue weighted by Crippen LogP contribution is -2.45. The Morgan fingerprint density at radius 1 is 0.957 bits per heavy atom. The average molecular weight is 671 g/mol. The number of benzene rings is 2. The van der Waals surface area contributed by atoms with Crippen LogP contribution >= 0.6 is 12.6 Å². The van der Waals surface area contributed by atoms with E-state index in [-0.39, 0.29) is 53.4 Å². The fourth-order valence-electron chi connectivity index (χ4n) is 3.27. The molecule has 0 aliphatic heterocycles. The number of thiol groups is 1. The van der Waals surface area contributed by atoms with Crippen molar-refractivity contribution in [2.75, 3.05) is 13.2 Å². The highest BCUT2D eigenvalue weighted by Gasteiger charge is 2.32. The number of aliphatic hydroxyl groups excluding tert-OH is 2. The molecule has 0 unspecified atom stereocenters. The highest BCUT2D eigenvalue weighted by Crippen LogP contribution is 2.37. The van der Waals surface area contributed by atoms with Gasteiger partial charge in [-0.2, -0.15) is 12.6 Å². The van der Waals surface area contributed by atoms with Crippen LogP contribution < -0.4 is 16.5 Å². The molecule has 254 valence electrons. The predicted octanol–water partition coefficient (Wildman–Crippen LogP) is 1.05. The maximum atomic E-state index is 12.1. The predicted molar refractivity (Wildman–Crippen MR) is 167 cm³/mol. The Morgan fingerprint density at radius 3 is 2.00 bits per heavy atom. The molecule has 12 N–H and O–H groups in total. The molecule has 3 aromatic rings. The van der Waals surface area contributed by atoms with Crippen LogP contribution in [0.25, 0.3) is 22.3 Å². The zero-order valence-corrected chi connectivity index (χ0v) is 26.1. The van der Waals surface area contributed by atoms with Gasteiger partial charge in [0, 0.05) is 34.4 Å². The summed E-state index contributed by atoms with van der Waals surface area (Å²) in [6.45, 7) is 6.03. The van der Waals surface area contributed by atoms with Gasteiger partial charge < -0.3 is 61.4 Å². The SMILES string of the molecule is CC(C)(CO)[C@@H](O)C(=O)NCCC(=O)O.CC(C)(S)[C@@H](N)C(=O)O.O=c1c(O)c(-c2ccc(O)c(O)c2)oc2cc(O)cc(O)c12. The third-order valence-corrected chi connectivity index (χ3v) is 6.51. The van der Waals surface area contributed by atoms with E-state index in [1.807, 2.05) is 0 Å². The lowest BCUT2D eigenvalue weighted by atomic mass is 9.87. The summed E-state index contributed by atoms with van der Waals surface area (Å²) in [5, 5.41) is 85.0. The van der Waals surface area contributed by atoms with E-state index < -0.39 is 62.8 Å². The van der Waals surface area contributed by atoms with Crippen LogP contribution in [0.2, 0.25) is 0 Å². The van der Waals surface area contributed by atoms with Crippen molar-refractivity contribution in [2.45, 2.75) is 51.0 Å². The van der Waals surface area contributed by atoms with E-state index in [2.05, 4.69) is 17.9 Å². The first-order valence-corrected chi connectivity index (χ1v) is 13.7. The van der Waals surface area contributed by atoms with Gasteiger partial charge >= 0.3 is 11.9 Å². The van der Waals surface area contributed by atoms with E-state index in [9.17, 15) is 49.8 Å². The minimum Gasteiger partial charge on any atom is -0.508 e. The number of hydrogen-bond donors (Lipinski definition) is 12. The molecule has 16 nitrogen and oxygen atoms in total. The molecule has 0 bridgehead atoms. The number of phenolic OH excluding ortho intramolecular Hbond substituents is 4. The van der Waals surface area contributed by atoms with Crippen molar-refractivity contribution in [2.24, 2.45) is 11.1 Å². The van der Waals surface area contributed by atoms with E-state index in [1.165, 1.54) is 19.9 Å². The van der Waals surface area contributed by atoms with E-state index in [0.717, 1.165) is 24.3 Å². The monoisotopic (exact) mass is 670 g/mol. The van der Waals surface area contributed by atoms with Crippen molar-refractivity contribution in [3.63, 3.8) is 0 Å². The minimum atomic E-state index is -1.35. The van der Waals surface area contributed by atoms with E-state index in [4.69, 9.17) is 25.5 Å². The summed E-state index contributed by atoms with van der Waals surface area (Å²) in [7, 11) is 0. The van der Waals surface area contributed by atoms with Gasteiger partial charge in [-0.1, -0.05) is 13.8 Å². The Hall–Kier alpha value is -4.71. The van der Waals surface area contributed by atoms with Crippen LogP contribution in [0.1, 0.15) is 34.1 Å². The van der Waals surface area contributed by atoms with Crippen LogP contribution in [-0.2, 0) is 14.4 Å². The number of rotatable bonds is 9. The van der Waals surface area contributed by atoms with Crippen LogP contribution in [0, 0.1) is 5.41 Å². The quantitative estimate of drug-likeness (QED) is 0.112.